The number of thioether (sulfide) groups is 1. The van der Waals surface area contributed by atoms with Crippen LogP contribution in [0.25, 0.3) is 0 Å². The van der Waals surface area contributed by atoms with E-state index in [1.54, 1.807) is 22.7 Å². The molecule has 0 aliphatic carbocycles. The Balaban J connectivity index is 2.43. The lowest BCUT2D eigenvalue weighted by molar-refractivity contribution is 0.0769. The van der Waals surface area contributed by atoms with E-state index in [4.69, 9.17) is 0 Å². The number of rotatable bonds is 3. The molecule has 0 saturated heterocycles. The van der Waals surface area contributed by atoms with Gasteiger partial charge in [-0.2, -0.15) is 0 Å². The summed E-state index contributed by atoms with van der Waals surface area (Å²) in [6.07, 6.45) is 0.570. The van der Waals surface area contributed by atoms with Crippen LogP contribution in [0, 0.1) is 0 Å². The largest absolute Gasteiger partial charge is 0.339 e. The van der Waals surface area contributed by atoms with Gasteiger partial charge >= 0.3 is 0 Å². The lowest BCUT2D eigenvalue weighted by Gasteiger charge is -2.22. The SMILES string of the molecule is CCN(CC)C(=O)c1cccc2c1SCCC2=O. The number of carbonyl (C=O) groups is 2. The van der Waals surface area contributed by atoms with E-state index in [9.17, 15) is 9.59 Å². The standard InChI is InChI=1S/C14H17NO2S/c1-3-15(4-2)14(17)11-7-5-6-10-12(16)8-9-18-13(10)11/h5-7H,3-4,8-9H2,1-2H3. The van der Waals surface area contributed by atoms with E-state index >= 15 is 0 Å². The van der Waals surface area contributed by atoms with E-state index in [1.807, 2.05) is 26.0 Å². The molecule has 1 aliphatic rings. The maximum Gasteiger partial charge on any atom is 0.254 e. The highest BCUT2D eigenvalue weighted by Gasteiger charge is 2.24. The first-order valence-corrected chi connectivity index (χ1v) is 7.25. The highest BCUT2D eigenvalue weighted by molar-refractivity contribution is 7.99. The number of ketones is 1. The minimum absolute atomic E-state index is 0.0269. The molecule has 0 unspecified atom stereocenters. The van der Waals surface area contributed by atoms with Gasteiger partial charge in [-0.3, -0.25) is 9.59 Å². The summed E-state index contributed by atoms with van der Waals surface area (Å²) < 4.78 is 0. The number of fused-ring (bicyclic) bond motifs is 1. The second-order valence-corrected chi connectivity index (χ2v) is 5.29. The Morgan fingerprint density at radius 2 is 2.06 bits per heavy atom. The molecule has 0 N–H and O–H groups in total. The van der Waals surface area contributed by atoms with Crippen molar-refractivity contribution in [3.63, 3.8) is 0 Å². The lowest BCUT2D eigenvalue weighted by atomic mass is 10.0. The van der Waals surface area contributed by atoms with Crippen molar-refractivity contribution >= 4 is 23.5 Å². The third-order valence-electron chi connectivity index (χ3n) is 3.17. The van der Waals surface area contributed by atoms with Gasteiger partial charge in [0.1, 0.15) is 0 Å². The van der Waals surface area contributed by atoms with Gasteiger partial charge in [0.05, 0.1) is 5.56 Å². The number of amides is 1. The summed E-state index contributed by atoms with van der Waals surface area (Å²) in [6, 6.07) is 5.45. The molecule has 3 nitrogen and oxygen atoms in total. The molecule has 0 radical (unpaired) electrons. The van der Waals surface area contributed by atoms with Crippen molar-refractivity contribution in [3.8, 4) is 0 Å². The first kappa shape index (κ1) is 13.1. The minimum atomic E-state index is 0.0269. The Labute approximate surface area is 112 Å². The van der Waals surface area contributed by atoms with Crippen LogP contribution in [0.5, 0.6) is 0 Å². The maximum absolute atomic E-state index is 12.4. The molecular formula is C14H17NO2S. The molecule has 96 valence electrons. The molecule has 0 fully saturated rings. The molecule has 1 heterocycles. The third-order valence-corrected chi connectivity index (χ3v) is 4.31. The Bertz CT molecular complexity index is 481. The molecule has 0 atom stereocenters. The van der Waals surface area contributed by atoms with Crippen LogP contribution in [0.3, 0.4) is 0 Å². The predicted molar refractivity (Wildman–Crippen MR) is 73.4 cm³/mol. The molecule has 2 rings (SSSR count). The lowest BCUT2D eigenvalue weighted by Crippen LogP contribution is -2.31. The second kappa shape index (κ2) is 5.57. The predicted octanol–water partition coefficient (Wildman–Crippen LogP) is 2.85. The van der Waals surface area contributed by atoms with Gasteiger partial charge in [0, 0.05) is 35.7 Å². The van der Waals surface area contributed by atoms with Gasteiger partial charge in [-0.25, -0.2) is 0 Å². The quantitative estimate of drug-likeness (QED) is 0.841. The van der Waals surface area contributed by atoms with Crippen molar-refractivity contribution in [3.05, 3.63) is 29.3 Å². The van der Waals surface area contributed by atoms with Crippen LogP contribution < -0.4 is 0 Å². The smallest absolute Gasteiger partial charge is 0.254 e. The number of benzene rings is 1. The van der Waals surface area contributed by atoms with Crippen LogP contribution in [-0.2, 0) is 0 Å². The van der Waals surface area contributed by atoms with Crippen LogP contribution in [0.15, 0.2) is 23.1 Å². The van der Waals surface area contributed by atoms with E-state index in [0.29, 0.717) is 30.6 Å². The fourth-order valence-electron chi connectivity index (χ4n) is 2.14. The first-order valence-electron chi connectivity index (χ1n) is 6.27. The maximum atomic E-state index is 12.4. The number of Topliss-reactive ketones (excluding diaryl/α,β-unsaturated/α-hetero) is 1. The van der Waals surface area contributed by atoms with Crippen LogP contribution >= 0.6 is 11.8 Å². The summed E-state index contributed by atoms with van der Waals surface area (Å²) in [5.41, 5.74) is 1.39. The van der Waals surface area contributed by atoms with Gasteiger partial charge in [-0.1, -0.05) is 12.1 Å². The molecule has 1 aromatic carbocycles. The van der Waals surface area contributed by atoms with E-state index < -0.39 is 0 Å². The highest BCUT2D eigenvalue weighted by Crippen LogP contribution is 2.33. The van der Waals surface area contributed by atoms with E-state index in [0.717, 1.165) is 10.6 Å². The first-order chi connectivity index (χ1) is 8.69. The average molecular weight is 263 g/mol. The molecule has 4 heteroatoms. The van der Waals surface area contributed by atoms with Crippen molar-refractivity contribution < 1.29 is 9.59 Å². The van der Waals surface area contributed by atoms with E-state index in [1.165, 1.54) is 0 Å². The molecule has 0 aromatic heterocycles. The highest BCUT2D eigenvalue weighted by atomic mass is 32.2. The van der Waals surface area contributed by atoms with Crippen LogP contribution in [-0.4, -0.2) is 35.4 Å². The van der Waals surface area contributed by atoms with Crippen LogP contribution in [0.4, 0.5) is 0 Å². The summed E-state index contributed by atoms with van der Waals surface area (Å²) in [6.45, 7) is 5.32. The van der Waals surface area contributed by atoms with Gasteiger partial charge in [0.15, 0.2) is 5.78 Å². The second-order valence-electron chi connectivity index (χ2n) is 4.18. The Morgan fingerprint density at radius 1 is 1.33 bits per heavy atom. The molecule has 0 saturated carbocycles. The monoisotopic (exact) mass is 263 g/mol. The van der Waals surface area contributed by atoms with Gasteiger partial charge in [-0.15, -0.1) is 11.8 Å². The van der Waals surface area contributed by atoms with E-state index in [2.05, 4.69) is 0 Å². The van der Waals surface area contributed by atoms with Crippen molar-refractivity contribution in [1.82, 2.24) is 4.90 Å². The molecular weight excluding hydrogens is 246 g/mol. The number of hydrogen-bond acceptors (Lipinski definition) is 3. The summed E-state index contributed by atoms with van der Waals surface area (Å²) in [7, 11) is 0. The van der Waals surface area contributed by atoms with Gasteiger partial charge in [0.25, 0.3) is 5.91 Å². The van der Waals surface area contributed by atoms with Crippen molar-refractivity contribution in [2.75, 3.05) is 18.8 Å². The van der Waals surface area contributed by atoms with Crippen molar-refractivity contribution in [2.45, 2.75) is 25.2 Å². The topological polar surface area (TPSA) is 37.4 Å². The molecule has 0 bridgehead atoms. The van der Waals surface area contributed by atoms with Gasteiger partial charge in [-0.05, 0) is 19.9 Å². The molecule has 1 amide bonds. The number of carbonyl (C=O) groups excluding carboxylic acids is 2. The van der Waals surface area contributed by atoms with Gasteiger partial charge in [0.2, 0.25) is 0 Å². The van der Waals surface area contributed by atoms with Crippen LogP contribution in [0.2, 0.25) is 0 Å². The number of nitrogens with zero attached hydrogens (tertiary/aromatic N) is 1. The Morgan fingerprint density at radius 3 is 2.72 bits per heavy atom. The Kier molecular flexibility index (Phi) is 4.07. The molecule has 1 aromatic rings. The third kappa shape index (κ3) is 2.29. The van der Waals surface area contributed by atoms with Crippen LogP contribution in [0.1, 0.15) is 41.0 Å². The zero-order valence-corrected chi connectivity index (χ0v) is 11.5. The van der Waals surface area contributed by atoms with Crippen molar-refractivity contribution in [2.24, 2.45) is 0 Å². The fraction of sp³-hybridized carbons (Fsp3) is 0.429. The van der Waals surface area contributed by atoms with Crippen molar-refractivity contribution in [1.29, 1.82) is 0 Å². The summed E-state index contributed by atoms with van der Waals surface area (Å²) in [4.78, 5) is 26.9. The molecule has 18 heavy (non-hydrogen) atoms. The zero-order chi connectivity index (χ0) is 13.1. The van der Waals surface area contributed by atoms with E-state index in [-0.39, 0.29) is 11.7 Å². The number of hydrogen-bond donors (Lipinski definition) is 0. The summed E-state index contributed by atoms with van der Waals surface area (Å²) in [5, 5.41) is 0. The minimum Gasteiger partial charge on any atom is -0.339 e. The van der Waals surface area contributed by atoms with Gasteiger partial charge < -0.3 is 4.90 Å². The summed E-state index contributed by atoms with van der Waals surface area (Å²) >= 11 is 1.62. The molecule has 0 spiro atoms. The fourth-order valence-corrected chi connectivity index (χ4v) is 3.28. The summed E-state index contributed by atoms with van der Waals surface area (Å²) in [5.74, 6) is 0.950. The molecule has 1 aliphatic heterocycles. The Hall–Kier alpha value is -1.29. The zero-order valence-electron chi connectivity index (χ0n) is 10.7. The normalized spacial score (nSPS) is 14.2. The average Bonchev–Trinajstić information content (AvgIpc) is 2.40.